The Hall–Kier alpha value is -3.39. The molecule has 0 bridgehead atoms. The molecule has 0 spiro atoms. The number of para-hydroxylation sites is 1. The fourth-order valence-corrected chi connectivity index (χ4v) is 5.04. The number of hydrogen-bond acceptors (Lipinski definition) is 4. The van der Waals surface area contributed by atoms with Gasteiger partial charge in [-0.3, -0.25) is 9.10 Å². The Morgan fingerprint density at radius 2 is 1.81 bits per heavy atom. The van der Waals surface area contributed by atoms with E-state index in [9.17, 15) is 17.6 Å². The summed E-state index contributed by atoms with van der Waals surface area (Å²) >= 11 is 0. The fraction of sp³-hybridized carbons (Fsp3) is 0.174. The van der Waals surface area contributed by atoms with E-state index in [2.05, 4.69) is 5.32 Å². The zero-order valence-electron chi connectivity index (χ0n) is 16.6. The number of amides is 1. The second kappa shape index (κ2) is 8.77. The minimum atomic E-state index is -3.71. The molecule has 6 nitrogen and oxygen atoms in total. The van der Waals surface area contributed by atoms with Crippen molar-refractivity contribution in [2.75, 3.05) is 22.8 Å². The molecule has 31 heavy (non-hydrogen) atoms. The number of carbonyl (C=O) groups excluding carboxylic acids is 1. The molecular weight excluding hydrogens is 419 g/mol. The van der Waals surface area contributed by atoms with Crippen LogP contribution in [0.5, 0.6) is 5.75 Å². The lowest BCUT2D eigenvalue weighted by atomic mass is 10.0. The summed E-state index contributed by atoms with van der Waals surface area (Å²) in [5.41, 5.74) is 2.06. The molecule has 0 aromatic heterocycles. The number of nitrogens with one attached hydrogen (secondary N) is 1. The van der Waals surface area contributed by atoms with Gasteiger partial charge in [-0.1, -0.05) is 24.3 Å². The highest BCUT2D eigenvalue weighted by Crippen LogP contribution is 2.32. The molecule has 160 valence electrons. The van der Waals surface area contributed by atoms with E-state index in [-0.39, 0.29) is 11.5 Å². The van der Waals surface area contributed by atoms with Crippen molar-refractivity contribution in [2.24, 2.45) is 0 Å². The van der Waals surface area contributed by atoms with Crippen molar-refractivity contribution in [1.29, 1.82) is 0 Å². The number of aryl methyl sites for hydroxylation is 1. The van der Waals surface area contributed by atoms with Gasteiger partial charge in [0.25, 0.3) is 15.9 Å². The third-order valence-corrected chi connectivity index (χ3v) is 6.79. The molecule has 8 heteroatoms. The molecule has 1 amide bonds. The van der Waals surface area contributed by atoms with Crippen molar-refractivity contribution in [3.8, 4) is 5.75 Å². The van der Waals surface area contributed by atoms with Crippen molar-refractivity contribution in [3.05, 3.63) is 84.2 Å². The predicted molar refractivity (Wildman–Crippen MR) is 116 cm³/mol. The summed E-state index contributed by atoms with van der Waals surface area (Å²) in [4.78, 5) is 12.1. The van der Waals surface area contributed by atoms with Gasteiger partial charge in [0.2, 0.25) is 0 Å². The summed E-state index contributed by atoms with van der Waals surface area (Å²) in [6.45, 7) is 0.139. The van der Waals surface area contributed by atoms with E-state index in [0.29, 0.717) is 23.7 Å². The van der Waals surface area contributed by atoms with Crippen molar-refractivity contribution in [3.63, 3.8) is 0 Å². The lowest BCUT2D eigenvalue weighted by Gasteiger charge is -2.30. The van der Waals surface area contributed by atoms with Gasteiger partial charge >= 0.3 is 0 Å². The van der Waals surface area contributed by atoms with Crippen LogP contribution in [0.15, 0.2) is 77.7 Å². The molecule has 0 atom stereocenters. The third kappa shape index (κ3) is 4.69. The summed E-state index contributed by atoms with van der Waals surface area (Å²) in [6, 6.07) is 19.0. The molecule has 0 unspecified atom stereocenters. The molecule has 1 heterocycles. The first-order chi connectivity index (χ1) is 14.9. The Kier molecular flexibility index (Phi) is 5.90. The molecule has 4 rings (SSSR count). The number of benzene rings is 3. The highest BCUT2D eigenvalue weighted by atomic mass is 32.2. The number of nitrogens with zero attached hydrogens (tertiary/aromatic N) is 1. The average molecular weight is 440 g/mol. The topological polar surface area (TPSA) is 75.7 Å². The van der Waals surface area contributed by atoms with Gasteiger partial charge in [0.15, 0.2) is 6.61 Å². The number of fused-ring (bicyclic) bond motifs is 1. The summed E-state index contributed by atoms with van der Waals surface area (Å²) in [7, 11) is -3.71. The summed E-state index contributed by atoms with van der Waals surface area (Å²) in [6.07, 6.45) is 1.62. The highest BCUT2D eigenvalue weighted by Gasteiger charge is 2.28. The standard InChI is InChI=1S/C23H21FN2O4S/c24-18-7-3-8-19(15-18)25-23(27)16-30-20-10-12-21(13-11-20)31(28,29)26-14-4-6-17-5-1-2-9-22(17)26/h1-3,5,7-13,15H,4,6,14,16H2,(H,25,27). The van der Waals surface area contributed by atoms with Crippen LogP contribution in [0.1, 0.15) is 12.0 Å². The van der Waals surface area contributed by atoms with Crippen molar-refractivity contribution in [2.45, 2.75) is 17.7 Å². The summed E-state index contributed by atoms with van der Waals surface area (Å²) in [5.74, 6) is -0.550. The molecule has 1 aliphatic heterocycles. The predicted octanol–water partition coefficient (Wildman–Crippen LogP) is 3.98. The second-order valence-electron chi connectivity index (χ2n) is 7.13. The van der Waals surface area contributed by atoms with Crippen LogP contribution in [0, 0.1) is 5.82 Å². The van der Waals surface area contributed by atoms with Gasteiger partial charge in [0, 0.05) is 12.2 Å². The first-order valence-corrected chi connectivity index (χ1v) is 11.3. The van der Waals surface area contributed by atoms with E-state index in [4.69, 9.17) is 4.74 Å². The van der Waals surface area contributed by atoms with Gasteiger partial charge in [-0.25, -0.2) is 12.8 Å². The first-order valence-electron chi connectivity index (χ1n) is 9.82. The normalized spacial score (nSPS) is 13.4. The molecular formula is C23H21FN2O4S. The van der Waals surface area contributed by atoms with Gasteiger partial charge in [-0.15, -0.1) is 0 Å². The van der Waals surface area contributed by atoms with Crippen LogP contribution in [-0.4, -0.2) is 27.5 Å². The lowest BCUT2D eigenvalue weighted by molar-refractivity contribution is -0.118. The molecule has 0 saturated heterocycles. The van der Waals surface area contributed by atoms with E-state index < -0.39 is 21.7 Å². The molecule has 1 aliphatic rings. The number of sulfonamides is 1. The van der Waals surface area contributed by atoms with Crippen LogP contribution >= 0.6 is 0 Å². The summed E-state index contributed by atoms with van der Waals surface area (Å²) < 4.78 is 46.3. The molecule has 0 saturated carbocycles. The van der Waals surface area contributed by atoms with Gasteiger partial charge in [-0.05, 0) is 66.9 Å². The number of hydrogen-bond donors (Lipinski definition) is 1. The number of carbonyl (C=O) groups is 1. The zero-order chi connectivity index (χ0) is 21.8. The smallest absolute Gasteiger partial charge is 0.264 e. The Morgan fingerprint density at radius 3 is 2.58 bits per heavy atom. The van der Waals surface area contributed by atoms with E-state index >= 15 is 0 Å². The van der Waals surface area contributed by atoms with E-state index in [1.165, 1.54) is 46.8 Å². The Morgan fingerprint density at radius 1 is 1.03 bits per heavy atom. The maximum atomic E-state index is 13.2. The number of ether oxygens (including phenoxy) is 1. The quantitative estimate of drug-likeness (QED) is 0.629. The molecule has 3 aromatic carbocycles. The van der Waals surface area contributed by atoms with Crippen LogP contribution in [0.3, 0.4) is 0 Å². The number of halogens is 1. The van der Waals surface area contributed by atoms with Crippen molar-refractivity contribution >= 4 is 27.3 Å². The minimum absolute atomic E-state index is 0.153. The monoisotopic (exact) mass is 440 g/mol. The zero-order valence-corrected chi connectivity index (χ0v) is 17.4. The van der Waals surface area contributed by atoms with Crippen LogP contribution in [-0.2, 0) is 21.2 Å². The maximum absolute atomic E-state index is 13.2. The molecule has 0 radical (unpaired) electrons. The minimum Gasteiger partial charge on any atom is -0.484 e. The van der Waals surface area contributed by atoms with Crippen LogP contribution < -0.4 is 14.4 Å². The molecule has 0 fully saturated rings. The van der Waals surface area contributed by atoms with Gasteiger partial charge in [0.1, 0.15) is 11.6 Å². The molecule has 3 aromatic rings. The van der Waals surface area contributed by atoms with Crippen LogP contribution in [0.25, 0.3) is 0 Å². The van der Waals surface area contributed by atoms with Crippen LogP contribution in [0.2, 0.25) is 0 Å². The SMILES string of the molecule is O=C(COc1ccc(S(=O)(=O)N2CCCc3ccccc32)cc1)Nc1cccc(F)c1. The van der Waals surface area contributed by atoms with Crippen molar-refractivity contribution in [1.82, 2.24) is 0 Å². The van der Waals surface area contributed by atoms with E-state index in [1.54, 1.807) is 6.07 Å². The van der Waals surface area contributed by atoms with Crippen LogP contribution in [0.4, 0.5) is 15.8 Å². The number of rotatable bonds is 6. The second-order valence-corrected chi connectivity index (χ2v) is 8.99. The van der Waals surface area contributed by atoms with Gasteiger partial charge in [-0.2, -0.15) is 0 Å². The highest BCUT2D eigenvalue weighted by molar-refractivity contribution is 7.92. The molecule has 1 N–H and O–H groups in total. The fourth-order valence-electron chi connectivity index (χ4n) is 3.50. The third-order valence-electron chi connectivity index (χ3n) is 4.96. The van der Waals surface area contributed by atoms with Gasteiger partial charge in [0.05, 0.1) is 10.6 Å². The summed E-state index contributed by atoms with van der Waals surface area (Å²) in [5, 5.41) is 2.53. The Labute approximate surface area is 180 Å². The maximum Gasteiger partial charge on any atom is 0.264 e. The Balaban J connectivity index is 1.42. The largest absolute Gasteiger partial charge is 0.484 e. The Bertz CT molecular complexity index is 1200. The van der Waals surface area contributed by atoms with E-state index in [1.807, 2.05) is 24.3 Å². The lowest BCUT2D eigenvalue weighted by Crippen LogP contribution is -2.35. The van der Waals surface area contributed by atoms with Crippen molar-refractivity contribution < 1.29 is 22.3 Å². The first kappa shape index (κ1) is 20.9. The average Bonchev–Trinajstić information content (AvgIpc) is 2.77. The number of anilines is 2. The van der Waals surface area contributed by atoms with Gasteiger partial charge < -0.3 is 10.1 Å². The van der Waals surface area contributed by atoms with E-state index in [0.717, 1.165) is 18.4 Å². The molecule has 0 aliphatic carbocycles.